The predicted molar refractivity (Wildman–Crippen MR) is 150 cm³/mol. The fourth-order valence-corrected chi connectivity index (χ4v) is 4.05. The highest BCUT2D eigenvalue weighted by Crippen LogP contribution is 2.28. The molecule has 1 aromatic heterocycles. The smallest absolute Gasteiger partial charge is 0.272 e. The fraction of sp³-hybridized carbons (Fsp3) is 0.258. The molecule has 0 bridgehead atoms. The fourth-order valence-electron chi connectivity index (χ4n) is 4.05. The maximum atomic E-state index is 13.2. The molecule has 6 heteroatoms. The third-order valence-electron chi connectivity index (χ3n) is 6.38. The molecule has 1 N–H and O–H groups in total. The van der Waals surface area contributed by atoms with Crippen molar-refractivity contribution in [3.8, 4) is 22.8 Å². The van der Waals surface area contributed by atoms with Crippen LogP contribution in [-0.4, -0.2) is 30.8 Å². The first kappa shape index (κ1) is 25.9. The van der Waals surface area contributed by atoms with Crippen LogP contribution in [0.3, 0.4) is 0 Å². The minimum absolute atomic E-state index is 0.304. The van der Waals surface area contributed by atoms with Gasteiger partial charge in [-0.15, -0.1) is 0 Å². The van der Waals surface area contributed by atoms with E-state index in [4.69, 9.17) is 14.5 Å². The highest BCUT2D eigenvalue weighted by Gasteiger charge is 2.14. The molecule has 1 atom stereocenters. The van der Waals surface area contributed by atoms with E-state index in [0.29, 0.717) is 29.6 Å². The summed E-state index contributed by atoms with van der Waals surface area (Å²) in [6.45, 7) is 7.07. The number of pyridine rings is 1. The molecule has 4 aromatic rings. The number of amides is 1. The normalized spacial score (nSPS) is 12.0. The Morgan fingerprint density at radius 1 is 1.03 bits per heavy atom. The summed E-state index contributed by atoms with van der Waals surface area (Å²) in [7, 11) is 1.60. The minimum atomic E-state index is -0.304. The Balaban J connectivity index is 1.58. The van der Waals surface area contributed by atoms with Gasteiger partial charge in [-0.05, 0) is 60.2 Å². The van der Waals surface area contributed by atoms with Crippen molar-refractivity contribution in [1.82, 2.24) is 10.4 Å². The van der Waals surface area contributed by atoms with E-state index in [1.165, 1.54) is 5.56 Å². The van der Waals surface area contributed by atoms with Crippen molar-refractivity contribution in [2.75, 3.05) is 13.7 Å². The van der Waals surface area contributed by atoms with Gasteiger partial charge in [0.1, 0.15) is 0 Å². The summed E-state index contributed by atoms with van der Waals surface area (Å²) in [4.78, 5) is 18.0. The number of carbonyl (C=O) groups is 1. The number of ether oxygens (including phenoxy) is 2. The summed E-state index contributed by atoms with van der Waals surface area (Å²) in [5.74, 6) is 1.49. The molecule has 37 heavy (non-hydrogen) atoms. The third-order valence-corrected chi connectivity index (χ3v) is 6.38. The monoisotopic (exact) mass is 495 g/mol. The van der Waals surface area contributed by atoms with E-state index in [9.17, 15) is 4.79 Å². The largest absolute Gasteiger partial charge is 0.493 e. The average molecular weight is 496 g/mol. The molecular formula is C31H33N3O3. The number of hydrogen-bond acceptors (Lipinski definition) is 5. The zero-order valence-electron chi connectivity index (χ0n) is 21.8. The SMILES string of the molecule is CCCOc1ccc(/C=N\NC(=O)c2cc(-c3ccc([C@@H](C)CC)cc3)nc3ccccc23)cc1OC. The van der Waals surface area contributed by atoms with E-state index in [-0.39, 0.29) is 5.91 Å². The van der Waals surface area contributed by atoms with Crippen LogP contribution in [0.15, 0.2) is 77.9 Å². The Morgan fingerprint density at radius 2 is 1.81 bits per heavy atom. The predicted octanol–water partition coefficient (Wildman–Crippen LogP) is 6.98. The molecular weight excluding hydrogens is 462 g/mol. The molecule has 1 heterocycles. The van der Waals surface area contributed by atoms with E-state index >= 15 is 0 Å². The van der Waals surface area contributed by atoms with Crippen LogP contribution >= 0.6 is 0 Å². The lowest BCUT2D eigenvalue weighted by Gasteiger charge is -2.12. The second kappa shape index (κ2) is 12.2. The van der Waals surface area contributed by atoms with Gasteiger partial charge in [-0.3, -0.25) is 4.79 Å². The summed E-state index contributed by atoms with van der Waals surface area (Å²) in [5.41, 5.74) is 7.73. The number of nitrogens with zero attached hydrogens (tertiary/aromatic N) is 2. The lowest BCUT2D eigenvalue weighted by atomic mass is 9.96. The first-order valence-electron chi connectivity index (χ1n) is 12.7. The van der Waals surface area contributed by atoms with E-state index in [1.54, 1.807) is 13.3 Å². The van der Waals surface area contributed by atoms with Gasteiger partial charge in [-0.25, -0.2) is 10.4 Å². The summed E-state index contributed by atoms with van der Waals surface area (Å²) in [5, 5.41) is 4.97. The van der Waals surface area contributed by atoms with E-state index in [1.807, 2.05) is 48.5 Å². The molecule has 0 spiro atoms. The number of fused-ring (bicyclic) bond motifs is 1. The lowest BCUT2D eigenvalue weighted by Crippen LogP contribution is -2.18. The highest BCUT2D eigenvalue weighted by molar-refractivity contribution is 6.07. The maximum absolute atomic E-state index is 13.2. The molecule has 0 saturated heterocycles. The van der Waals surface area contributed by atoms with Gasteiger partial charge >= 0.3 is 0 Å². The summed E-state index contributed by atoms with van der Waals surface area (Å²) in [6.07, 6.45) is 3.58. The van der Waals surface area contributed by atoms with Crippen LogP contribution in [-0.2, 0) is 0 Å². The highest BCUT2D eigenvalue weighted by atomic mass is 16.5. The Labute approximate surface area is 218 Å². The van der Waals surface area contributed by atoms with Crippen molar-refractivity contribution in [2.45, 2.75) is 39.5 Å². The number of hydrogen-bond donors (Lipinski definition) is 1. The molecule has 3 aromatic carbocycles. The summed E-state index contributed by atoms with van der Waals surface area (Å²) >= 11 is 0. The van der Waals surface area contributed by atoms with Gasteiger partial charge in [0.05, 0.1) is 36.7 Å². The van der Waals surface area contributed by atoms with Crippen LogP contribution in [0.2, 0.25) is 0 Å². The van der Waals surface area contributed by atoms with E-state index < -0.39 is 0 Å². The first-order chi connectivity index (χ1) is 18.0. The van der Waals surface area contributed by atoms with Gasteiger partial charge in [-0.1, -0.05) is 63.2 Å². The molecule has 0 unspecified atom stereocenters. The number of methoxy groups -OCH3 is 1. The van der Waals surface area contributed by atoms with Crippen LogP contribution in [0.1, 0.15) is 61.0 Å². The summed E-state index contributed by atoms with van der Waals surface area (Å²) < 4.78 is 11.1. The van der Waals surface area contributed by atoms with Gasteiger partial charge in [0, 0.05) is 10.9 Å². The van der Waals surface area contributed by atoms with Gasteiger partial charge in [0.25, 0.3) is 5.91 Å². The second-order valence-corrected chi connectivity index (χ2v) is 8.96. The van der Waals surface area contributed by atoms with Gasteiger partial charge in [0.15, 0.2) is 11.5 Å². The topological polar surface area (TPSA) is 72.8 Å². The molecule has 6 nitrogen and oxygen atoms in total. The number of para-hydroxylation sites is 1. The van der Waals surface area contributed by atoms with Crippen molar-refractivity contribution in [3.63, 3.8) is 0 Å². The molecule has 190 valence electrons. The van der Waals surface area contributed by atoms with Crippen molar-refractivity contribution >= 4 is 23.0 Å². The van der Waals surface area contributed by atoms with Crippen LogP contribution in [0.5, 0.6) is 11.5 Å². The second-order valence-electron chi connectivity index (χ2n) is 8.96. The zero-order chi connectivity index (χ0) is 26.2. The van der Waals surface area contributed by atoms with Crippen molar-refractivity contribution in [1.29, 1.82) is 0 Å². The molecule has 0 aliphatic rings. The Hall–Kier alpha value is -4.19. The third kappa shape index (κ3) is 6.15. The number of rotatable bonds is 10. The summed E-state index contributed by atoms with van der Waals surface area (Å²) in [6, 6.07) is 23.4. The molecule has 1 amide bonds. The Morgan fingerprint density at radius 3 is 2.54 bits per heavy atom. The molecule has 0 saturated carbocycles. The standard InChI is InChI=1S/C31H33N3O3/c1-5-17-37-29-16-11-22(18-30(29)36-4)20-32-34-31(35)26-19-28(33-27-10-8-7-9-25(26)27)24-14-12-23(13-15-24)21(3)6-2/h7-16,18-21H,5-6,17H2,1-4H3,(H,34,35)/b32-20-/t21-/m0/s1. The number of carbonyl (C=O) groups excluding carboxylic acids is 1. The quantitative estimate of drug-likeness (QED) is 0.190. The molecule has 0 aliphatic carbocycles. The minimum Gasteiger partial charge on any atom is -0.493 e. The van der Waals surface area contributed by atoms with Crippen LogP contribution < -0.4 is 14.9 Å². The molecule has 4 rings (SSSR count). The molecule has 0 aliphatic heterocycles. The van der Waals surface area contributed by atoms with Crippen LogP contribution in [0, 0.1) is 0 Å². The number of hydrazone groups is 1. The van der Waals surface area contributed by atoms with Crippen molar-refractivity contribution < 1.29 is 14.3 Å². The van der Waals surface area contributed by atoms with Crippen molar-refractivity contribution in [3.05, 3.63) is 89.5 Å². The van der Waals surface area contributed by atoms with Gasteiger partial charge < -0.3 is 9.47 Å². The van der Waals surface area contributed by atoms with Gasteiger partial charge in [-0.2, -0.15) is 5.10 Å². The maximum Gasteiger partial charge on any atom is 0.272 e. The molecule has 0 fully saturated rings. The van der Waals surface area contributed by atoms with Crippen LogP contribution in [0.4, 0.5) is 0 Å². The van der Waals surface area contributed by atoms with E-state index in [2.05, 4.69) is 55.6 Å². The first-order valence-corrected chi connectivity index (χ1v) is 12.7. The number of aromatic nitrogens is 1. The molecule has 0 radical (unpaired) electrons. The van der Waals surface area contributed by atoms with Crippen molar-refractivity contribution in [2.24, 2.45) is 5.10 Å². The van der Waals surface area contributed by atoms with E-state index in [0.717, 1.165) is 40.6 Å². The zero-order valence-corrected chi connectivity index (χ0v) is 21.8. The Kier molecular flexibility index (Phi) is 8.52. The Bertz CT molecular complexity index is 1400. The number of benzene rings is 3. The average Bonchev–Trinajstić information content (AvgIpc) is 2.95. The van der Waals surface area contributed by atoms with Gasteiger partial charge in [0.2, 0.25) is 0 Å². The lowest BCUT2D eigenvalue weighted by molar-refractivity contribution is 0.0956. The van der Waals surface area contributed by atoms with Crippen LogP contribution in [0.25, 0.3) is 22.2 Å². The number of nitrogens with one attached hydrogen (secondary N) is 1.